The lowest BCUT2D eigenvalue weighted by Gasteiger charge is -2.26. The minimum absolute atomic E-state index is 0.143. The van der Waals surface area contributed by atoms with Crippen LogP contribution in [0.1, 0.15) is 45.6 Å². The van der Waals surface area contributed by atoms with Crippen LogP contribution in [0.25, 0.3) is 11.8 Å². The van der Waals surface area contributed by atoms with Crippen LogP contribution in [-0.2, 0) is 16.1 Å². The number of fused-ring (bicyclic) bond motifs is 1. The van der Waals surface area contributed by atoms with Gasteiger partial charge in [-0.3, -0.25) is 9.36 Å². The summed E-state index contributed by atoms with van der Waals surface area (Å²) in [6.07, 6.45) is 1.78. The van der Waals surface area contributed by atoms with E-state index in [1.807, 2.05) is 42.5 Å². The molecule has 1 N–H and O–H groups in total. The van der Waals surface area contributed by atoms with Crippen molar-refractivity contribution in [1.29, 1.82) is 0 Å². The van der Waals surface area contributed by atoms with Crippen molar-refractivity contribution in [3.63, 3.8) is 0 Å². The summed E-state index contributed by atoms with van der Waals surface area (Å²) in [5, 5.41) is 9.11. The zero-order chi connectivity index (χ0) is 34.5. The summed E-state index contributed by atoms with van der Waals surface area (Å²) in [7, 11) is 3.07. The molecule has 0 fully saturated rings. The molecule has 0 bridgehead atoms. The van der Waals surface area contributed by atoms with Gasteiger partial charge in [0.25, 0.3) is 5.56 Å². The van der Waals surface area contributed by atoms with E-state index in [1.54, 1.807) is 55.5 Å². The lowest BCUT2D eigenvalue weighted by Crippen LogP contribution is -2.40. The van der Waals surface area contributed by atoms with Crippen LogP contribution in [-0.4, -0.2) is 42.4 Å². The van der Waals surface area contributed by atoms with Gasteiger partial charge in [0.1, 0.15) is 12.4 Å². The molecule has 0 saturated heterocycles. The minimum atomic E-state index is -0.983. The van der Waals surface area contributed by atoms with E-state index in [1.165, 1.54) is 42.3 Å². The van der Waals surface area contributed by atoms with Crippen LogP contribution >= 0.6 is 11.3 Å². The van der Waals surface area contributed by atoms with E-state index in [9.17, 15) is 14.4 Å². The number of esters is 1. The standard InChI is InChI=1S/C38H32N2O8S/c1-4-47-37(44)32-33(25-8-6-5-7-9-25)39-38-40(34(32)27-16-19-29(45-2)30(21-27)46-3)35(41)31(49-38)20-23-12-17-28(18-13-23)48-22-24-10-14-26(15-11-24)36(42)43/h5-21,34H,4,22H2,1-3H3,(H,42,43)/b31-20+/t34-/m1/s1. The molecule has 1 aromatic heterocycles. The summed E-state index contributed by atoms with van der Waals surface area (Å²) in [6, 6.07) is 27.5. The normalized spacial score (nSPS) is 14.1. The van der Waals surface area contributed by atoms with Gasteiger partial charge in [0.2, 0.25) is 0 Å². The average molecular weight is 677 g/mol. The van der Waals surface area contributed by atoms with E-state index in [0.717, 1.165) is 11.1 Å². The maximum Gasteiger partial charge on any atom is 0.338 e. The highest BCUT2D eigenvalue weighted by atomic mass is 32.1. The lowest BCUT2D eigenvalue weighted by atomic mass is 9.93. The summed E-state index contributed by atoms with van der Waals surface area (Å²) in [5.74, 6) is 0.00637. The monoisotopic (exact) mass is 676 g/mol. The number of carboxylic acid groups (broad SMARTS) is 1. The molecule has 11 heteroatoms. The highest BCUT2D eigenvalue weighted by molar-refractivity contribution is 7.07. The second kappa shape index (κ2) is 14.4. The molecule has 1 aliphatic heterocycles. The molecular weight excluding hydrogens is 644 g/mol. The number of nitrogens with zero attached hydrogens (tertiary/aromatic N) is 2. The zero-order valence-corrected chi connectivity index (χ0v) is 27.7. The Morgan fingerprint density at radius 3 is 2.29 bits per heavy atom. The largest absolute Gasteiger partial charge is 0.493 e. The van der Waals surface area contributed by atoms with E-state index in [0.29, 0.717) is 43.4 Å². The van der Waals surface area contributed by atoms with Crippen LogP contribution in [0.2, 0.25) is 0 Å². The molecule has 49 heavy (non-hydrogen) atoms. The highest BCUT2D eigenvalue weighted by Crippen LogP contribution is 2.38. The predicted octanol–water partition coefficient (Wildman–Crippen LogP) is 5.23. The van der Waals surface area contributed by atoms with Gasteiger partial charge in [-0.2, -0.15) is 0 Å². The first-order valence-electron chi connectivity index (χ1n) is 15.4. The van der Waals surface area contributed by atoms with Crippen molar-refractivity contribution in [3.05, 3.63) is 150 Å². The summed E-state index contributed by atoms with van der Waals surface area (Å²) in [5.41, 5.74) is 3.47. The van der Waals surface area contributed by atoms with Crippen molar-refractivity contribution in [1.82, 2.24) is 4.57 Å². The maximum atomic E-state index is 14.2. The van der Waals surface area contributed by atoms with Gasteiger partial charge in [0, 0.05) is 5.56 Å². The van der Waals surface area contributed by atoms with Gasteiger partial charge in [0.05, 0.1) is 48.2 Å². The van der Waals surface area contributed by atoms with Crippen molar-refractivity contribution >= 4 is 35.0 Å². The Hall–Kier alpha value is -5.94. The third kappa shape index (κ3) is 6.88. The molecule has 2 heterocycles. The Bertz CT molecular complexity index is 2220. The number of hydrogen-bond donors (Lipinski definition) is 1. The average Bonchev–Trinajstić information content (AvgIpc) is 3.44. The van der Waals surface area contributed by atoms with Gasteiger partial charge in [-0.1, -0.05) is 72.0 Å². The Morgan fingerprint density at radius 1 is 0.918 bits per heavy atom. The van der Waals surface area contributed by atoms with Gasteiger partial charge >= 0.3 is 11.9 Å². The number of hydrogen-bond acceptors (Lipinski definition) is 9. The van der Waals surface area contributed by atoms with E-state index < -0.39 is 18.0 Å². The predicted molar refractivity (Wildman–Crippen MR) is 185 cm³/mol. The van der Waals surface area contributed by atoms with Crippen molar-refractivity contribution in [2.24, 2.45) is 4.99 Å². The molecule has 0 saturated carbocycles. The first-order valence-corrected chi connectivity index (χ1v) is 16.2. The summed E-state index contributed by atoms with van der Waals surface area (Å²) in [6.45, 7) is 2.14. The smallest absolute Gasteiger partial charge is 0.338 e. The van der Waals surface area contributed by atoms with Gasteiger partial charge in [-0.05, 0) is 66.1 Å². The third-order valence-corrected chi connectivity index (χ3v) is 8.86. The van der Waals surface area contributed by atoms with Crippen LogP contribution in [0.5, 0.6) is 17.2 Å². The highest BCUT2D eigenvalue weighted by Gasteiger charge is 2.35. The van der Waals surface area contributed by atoms with Crippen molar-refractivity contribution in [2.45, 2.75) is 19.6 Å². The number of carbonyl (C=O) groups excluding carboxylic acids is 1. The SMILES string of the molecule is CCOC(=O)C1=C(c2ccccc2)N=c2s/c(=C/c3ccc(OCc4ccc(C(=O)O)cc4)cc3)c(=O)n2[C@@H]1c1ccc(OC)c(OC)c1. The minimum Gasteiger partial charge on any atom is -0.493 e. The van der Waals surface area contributed by atoms with E-state index >= 15 is 0 Å². The molecule has 1 aliphatic rings. The topological polar surface area (TPSA) is 126 Å². The van der Waals surface area contributed by atoms with Gasteiger partial charge in [0.15, 0.2) is 16.3 Å². The molecular formula is C38H32N2O8S. The van der Waals surface area contributed by atoms with E-state index in [-0.39, 0.29) is 29.9 Å². The molecule has 0 aliphatic carbocycles. The van der Waals surface area contributed by atoms with Crippen LogP contribution in [0, 0.1) is 0 Å². The molecule has 0 unspecified atom stereocenters. The van der Waals surface area contributed by atoms with Crippen LogP contribution in [0.15, 0.2) is 112 Å². The fourth-order valence-corrected chi connectivity index (χ4v) is 6.50. The number of carbonyl (C=O) groups is 2. The van der Waals surface area contributed by atoms with Crippen LogP contribution in [0.3, 0.4) is 0 Å². The third-order valence-electron chi connectivity index (χ3n) is 7.88. The maximum absolute atomic E-state index is 14.2. The molecule has 0 amide bonds. The number of benzene rings is 4. The van der Waals surface area contributed by atoms with Crippen LogP contribution in [0.4, 0.5) is 0 Å². The Kier molecular flexibility index (Phi) is 9.72. The zero-order valence-electron chi connectivity index (χ0n) is 26.9. The number of ether oxygens (including phenoxy) is 4. The van der Waals surface area contributed by atoms with Crippen molar-refractivity contribution in [3.8, 4) is 17.2 Å². The van der Waals surface area contributed by atoms with Gasteiger partial charge in [-0.15, -0.1) is 0 Å². The molecule has 1 atom stereocenters. The number of rotatable bonds is 11. The summed E-state index contributed by atoms with van der Waals surface area (Å²) < 4.78 is 24.4. The Balaban J connectivity index is 1.42. The Labute approximate surface area is 285 Å². The molecule has 6 rings (SSSR count). The molecule has 0 spiro atoms. The molecule has 248 valence electrons. The molecule has 5 aromatic rings. The quantitative estimate of drug-likeness (QED) is 0.189. The summed E-state index contributed by atoms with van der Waals surface area (Å²) in [4.78, 5) is 44.4. The van der Waals surface area contributed by atoms with Gasteiger partial charge < -0.3 is 24.1 Å². The second-order valence-corrected chi connectivity index (χ2v) is 11.9. The second-order valence-electron chi connectivity index (χ2n) is 10.9. The fourth-order valence-electron chi connectivity index (χ4n) is 5.50. The molecule has 10 nitrogen and oxygen atoms in total. The van der Waals surface area contributed by atoms with E-state index in [2.05, 4.69) is 0 Å². The van der Waals surface area contributed by atoms with Crippen LogP contribution < -0.4 is 29.1 Å². The molecule has 4 aromatic carbocycles. The number of aromatic nitrogens is 1. The first kappa shape index (κ1) is 33.0. The number of aromatic carboxylic acids is 1. The van der Waals surface area contributed by atoms with Gasteiger partial charge in [-0.25, -0.2) is 14.6 Å². The van der Waals surface area contributed by atoms with Crippen molar-refractivity contribution in [2.75, 3.05) is 20.8 Å². The number of methoxy groups -OCH3 is 2. The van der Waals surface area contributed by atoms with Crippen molar-refractivity contribution < 1.29 is 33.6 Å². The first-order chi connectivity index (χ1) is 23.8. The fraction of sp³-hybridized carbons (Fsp3) is 0.158. The molecule has 0 radical (unpaired) electrons. The number of thiazole rings is 1. The Morgan fingerprint density at radius 2 is 1.63 bits per heavy atom. The number of carboxylic acids is 1. The summed E-state index contributed by atoms with van der Waals surface area (Å²) >= 11 is 1.23. The van der Waals surface area contributed by atoms with E-state index in [4.69, 9.17) is 29.0 Å². The lowest BCUT2D eigenvalue weighted by molar-refractivity contribution is -0.138.